The lowest BCUT2D eigenvalue weighted by Gasteiger charge is -2.06. The molecule has 5 heteroatoms. The zero-order valence-electron chi connectivity index (χ0n) is 8.50. The molecule has 0 amide bonds. The van der Waals surface area contributed by atoms with Crippen LogP contribution in [0.2, 0.25) is 0 Å². The molecule has 0 spiro atoms. The molecule has 1 aromatic carbocycles. The number of nitrogens with one attached hydrogen (secondary N) is 1. The van der Waals surface area contributed by atoms with Gasteiger partial charge in [0, 0.05) is 12.7 Å². The van der Waals surface area contributed by atoms with Crippen molar-refractivity contribution >= 4 is 16.7 Å². The number of hydrogen-bond acceptors (Lipinski definition) is 3. The lowest BCUT2D eigenvalue weighted by atomic mass is 10.1. The summed E-state index contributed by atoms with van der Waals surface area (Å²) in [5, 5.41) is 0. The average molecular weight is 205 g/mol. The molecule has 2 aromatic rings. The molecule has 0 aliphatic heterocycles. The van der Waals surface area contributed by atoms with Crippen LogP contribution in [-0.2, 0) is 7.05 Å². The summed E-state index contributed by atoms with van der Waals surface area (Å²) in [7, 11) is 1.55. The Labute approximate surface area is 85.2 Å². The number of rotatable bonds is 0. The standard InChI is InChI=1S/C10H11N3O2/c1-5-3-7-8(4-6(5)11)13(2)10(15)9(14)12-7/h3-4H,11H2,1-2H3,(H,12,14). The molecule has 2 rings (SSSR count). The van der Waals surface area contributed by atoms with Crippen LogP contribution in [0.5, 0.6) is 0 Å². The Bertz CT molecular complexity index is 652. The second-order valence-corrected chi connectivity index (χ2v) is 3.54. The Kier molecular flexibility index (Phi) is 1.89. The lowest BCUT2D eigenvalue weighted by molar-refractivity contribution is 0.874. The SMILES string of the molecule is Cc1cc2[nH]c(=O)c(=O)n(C)c2cc1N. The fourth-order valence-corrected chi connectivity index (χ4v) is 1.53. The van der Waals surface area contributed by atoms with Crippen molar-refractivity contribution in [1.29, 1.82) is 0 Å². The zero-order chi connectivity index (χ0) is 11.2. The third-order valence-corrected chi connectivity index (χ3v) is 2.49. The quantitative estimate of drug-likeness (QED) is 0.473. The Morgan fingerprint density at radius 1 is 1.33 bits per heavy atom. The fourth-order valence-electron chi connectivity index (χ4n) is 1.53. The smallest absolute Gasteiger partial charge is 0.316 e. The minimum absolute atomic E-state index is 0.578. The number of nitrogens with zero attached hydrogens (tertiary/aromatic N) is 1. The van der Waals surface area contributed by atoms with E-state index >= 15 is 0 Å². The highest BCUT2D eigenvalue weighted by atomic mass is 16.2. The molecule has 5 nitrogen and oxygen atoms in total. The van der Waals surface area contributed by atoms with E-state index in [1.165, 1.54) is 4.57 Å². The first-order valence-corrected chi connectivity index (χ1v) is 4.50. The van der Waals surface area contributed by atoms with Gasteiger partial charge in [-0.3, -0.25) is 9.59 Å². The number of aromatic amines is 1. The summed E-state index contributed by atoms with van der Waals surface area (Å²) in [5.74, 6) is 0. The first-order valence-electron chi connectivity index (χ1n) is 4.50. The van der Waals surface area contributed by atoms with Crippen LogP contribution in [0.15, 0.2) is 21.7 Å². The zero-order valence-corrected chi connectivity index (χ0v) is 8.50. The topological polar surface area (TPSA) is 80.9 Å². The molecule has 0 saturated carbocycles. The summed E-state index contributed by atoms with van der Waals surface area (Å²) >= 11 is 0. The van der Waals surface area contributed by atoms with Gasteiger partial charge in [0.05, 0.1) is 11.0 Å². The molecule has 0 radical (unpaired) electrons. The van der Waals surface area contributed by atoms with Crippen molar-refractivity contribution in [3.63, 3.8) is 0 Å². The van der Waals surface area contributed by atoms with Crippen LogP contribution in [0, 0.1) is 6.92 Å². The van der Waals surface area contributed by atoms with E-state index in [1.54, 1.807) is 19.2 Å². The first kappa shape index (κ1) is 9.51. The molecule has 0 unspecified atom stereocenters. The van der Waals surface area contributed by atoms with E-state index in [0.717, 1.165) is 5.56 Å². The maximum absolute atomic E-state index is 11.4. The number of nitrogen functional groups attached to an aromatic ring is 1. The number of benzene rings is 1. The average Bonchev–Trinajstić information content (AvgIpc) is 2.19. The predicted molar refractivity (Wildman–Crippen MR) is 59.0 cm³/mol. The normalized spacial score (nSPS) is 10.8. The number of nitrogens with two attached hydrogens (primary N) is 1. The van der Waals surface area contributed by atoms with E-state index < -0.39 is 11.1 Å². The van der Waals surface area contributed by atoms with E-state index in [9.17, 15) is 9.59 Å². The number of aromatic nitrogens is 2. The molecule has 3 N–H and O–H groups in total. The van der Waals surface area contributed by atoms with Crippen LogP contribution in [-0.4, -0.2) is 9.55 Å². The maximum atomic E-state index is 11.4. The molecule has 0 aliphatic rings. The molecule has 15 heavy (non-hydrogen) atoms. The number of fused-ring (bicyclic) bond motifs is 1. The highest BCUT2D eigenvalue weighted by molar-refractivity contribution is 5.80. The van der Waals surface area contributed by atoms with Crippen molar-refractivity contribution in [2.75, 3.05) is 5.73 Å². The summed E-state index contributed by atoms with van der Waals surface area (Å²) in [6.07, 6.45) is 0. The summed E-state index contributed by atoms with van der Waals surface area (Å²) in [4.78, 5) is 25.1. The van der Waals surface area contributed by atoms with Gasteiger partial charge in [0.15, 0.2) is 0 Å². The highest BCUT2D eigenvalue weighted by Crippen LogP contribution is 2.17. The van der Waals surface area contributed by atoms with Crippen LogP contribution >= 0.6 is 0 Å². The van der Waals surface area contributed by atoms with Crippen LogP contribution in [0.1, 0.15) is 5.56 Å². The van der Waals surface area contributed by atoms with Crippen molar-refractivity contribution in [2.24, 2.45) is 7.05 Å². The monoisotopic (exact) mass is 205 g/mol. The van der Waals surface area contributed by atoms with Crippen molar-refractivity contribution in [2.45, 2.75) is 6.92 Å². The molecule has 0 bridgehead atoms. The predicted octanol–water partition coefficient (Wildman–Crippen LogP) is 0.117. The van der Waals surface area contributed by atoms with Gasteiger partial charge >= 0.3 is 11.1 Å². The van der Waals surface area contributed by atoms with Crippen LogP contribution < -0.4 is 16.9 Å². The lowest BCUT2D eigenvalue weighted by Crippen LogP contribution is -2.34. The molecular weight excluding hydrogens is 194 g/mol. The minimum atomic E-state index is -0.617. The molecule has 0 saturated heterocycles. The Hall–Kier alpha value is -2.04. The van der Waals surface area contributed by atoms with E-state index in [0.29, 0.717) is 16.7 Å². The largest absolute Gasteiger partial charge is 0.398 e. The Morgan fingerprint density at radius 3 is 2.67 bits per heavy atom. The van der Waals surface area contributed by atoms with Gasteiger partial charge in [-0.1, -0.05) is 0 Å². The molecule has 1 heterocycles. The van der Waals surface area contributed by atoms with Crippen molar-refractivity contribution in [3.05, 3.63) is 38.4 Å². The van der Waals surface area contributed by atoms with E-state index in [2.05, 4.69) is 4.98 Å². The van der Waals surface area contributed by atoms with Gasteiger partial charge in [-0.05, 0) is 24.6 Å². The molecule has 78 valence electrons. The summed E-state index contributed by atoms with van der Waals surface area (Å²) in [6, 6.07) is 3.44. The van der Waals surface area contributed by atoms with Crippen molar-refractivity contribution in [3.8, 4) is 0 Å². The number of H-pyrrole nitrogens is 1. The van der Waals surface area contributed by atoms with E-state index in [4.69, 9.17) is 5.73 Å². The second kappa shape index (κ2) is 2.98. The van der Waals surface area contributed by atoms with Gasteiger partial charge in [0.2, 0.25) is 0 Å². The Morgan fingerprint density at radius 2 is 2.00 bits per heavy atom. The van der Waals surface area contributed by atoms with Gasteiger partial charge in [-0.25, -0.2) is 0 Å². The van der Waals surface area contributed by atoms with Crippen LogP contribution in [0.3, 0.4) is 0 Å². The molecule has 0 atom stereocenters. The number of hydrogen-bond donors (Lipinski definition) is 2. The van der Waals surface area contributed by atoms with E-state index in [1.807, 2.05) is 6.92 Å². The summed E-state index contributed by atoms with van der Waals surface area (Å²) in [5.41, 5.74) is 7.26. The summed E-state index contributed by atoms with van der Waals surface area (Å²) < 4.78 is 1.30. The molecule has 0 aliphatic carbocycles. The minimum Gasteiger partial charge on any atom is -0.398 e. The summed E-state index contributed by atoms with van der Waals surface area (Å²) in [6.45, 7) is 1.85. The third kappa shape index (κ3) is 1.32. The number of anilines is 1. The van der Waals surface area contributed by atoms with E-state index in [-0.39, 0.29) is 0 Å². The second-order valence-electron chi connectivity index (χ2n) is 3.54. The fraction of sp³-hybridized carbons (Fsp3) is 0.200. The van der Waals surface area contributed by atoms with Crippen LogP contribution in [0.4, 0.5) is 5.69 Å². The molecular formula is C10H11N3O2. The first-order chi connectivity index (χ1) is 7.00. The molecule has 1 aromatic heterocycles. The Balaban J connectivity index is 3.06. The maximum Gasteiger partial charge on any atom is 0.316 e. The third-order valence-electron chi connectivity index (χ3n) is 2.49. The van der Waals surface area contributed by atoms with Gasteiger partial charge in [-0.15, -0.1) is 0 Å². The van der Waals surface area contributed by atoms with Crippen LogP contribution in [0.25, 0.3) is 11.0 Å². The number of aryl methyl sites for hydroxylation is 2. The van der Waals surface area contributed by atoms with Gasteiger partial charge in [0.1, 0.15) is 0 Å². The van der Waals surface area contributed by atoms with Gasteiger partial charge < -0.3 is 15.3 Å². The van der Waals surface area contributed by atoms with Gasteiger partial charge in [-0.2, -0.15) is 0 Å². The van der Waals surface area contributed by atoms with Crippen molar-refractivity contribution in [1.82, 2.24) is 9.55 Å². The van der Waals surface area contributed by atoms with Crippen molar-refractivity contribution < 1.29 is 0 Å². The highest BCUT2D eigenvalue weighted by Gasteiger charge is 2.05. The molecule has 0 fully saturated rings. The van der Waals surface area contributed by atoms with Gasteiger partial charge in [0.25, 0.3) is 0 Å².